The average Bonchev–Trinajstić information content (AvgIpc) is 2.78. The van der Waals surface area contributed by atoms with Crippen LogP contribution in [0.4, 0.5) is 11.4 Å². The third-order valence-corrected chi connectivity index (χ3v) is 5.97. The lowest BCUT2D eigenvalue weighted by molar-refractivity contribution is 1.47. The number of benzene rings is 5. The Morgan fingerprint density at radius 3 is 1.10 bits per heavy atom. The van der Waals surface area contributed by atoms with E-state index in [2.05, 4.69) is 98.8 Å². The smallest absolute Gasteiger partial charge is 0.0475 e. The van der Waals surface area contributed by atoms with Gasteiger partial charge in [-0.2, -0.15) is 0 Å². The van der Waals surface area contributed by atoms with Gasteiger partial charge in [-0.05, 0) is 48.2 Å². The van der Waals surface area contributed by atoms with Gasteiger partial charge in [-0.25, -0.2) is 0 Å². The maximum Gasteiger partial charge on any atom is 0.0475 e. The molecule has 5 rings (SSSR count). The Labute approximate surface area is 176 Å². The Morgan fingerprint density at radius 2 is 0.733 bits per heavy atom. The van der Waals surface area contributed by atoms with Gasteiger partial charge in [-0.15, -0.1) is 0 Å². The normalized spacial score (nSPS) is 11.3. The van der Waals surface area contributed by atoms with Gasteiger partial charge in [0.1, 0.15) is 0 Å². The van der Waals surface area contributed by atoms with E-state index in [9.17, 15) is 0 Å². The molecule has 0 bridgehead atoms. The molecule has 146 valence electrons. The Kier molecular flexibility index (Phi) is 4.22. The third-order valence-electron chi connectivity index (χ3n) is 5.97. The fourth-order valence-corrected chi connectivity index (χ4v) is 4.15. The molecule has 0 aromatic heterocycles. The molecule has 0 radical (unpaired) electrons. The van der Waals surface area contributed by atoms with Crippen LogP contribution in [0.1, 0.15) is 11.1 Å². The van der Waals surface area contributed by atoms with Crippen molar-refractivity contribution in [3.05, 3.63) is 96.1 Å². The summed E-state index contributed by atoms with van der Waals surface area (Å²) in [7, 11) is 0. The quantitative estimate of drug-likeness (QED) is 0.192. The molecule has 0 saturated heterocycles. The van der Waals surface area contributed by atoms with Crippen molar-refractivity contribution >= 4 is 32.9 Å². The molecule has 0 heterocycles. The topological polar surface area (TPSA) is 52.0 Å². The standard InChI is InChI=1S/C28H24N2/c1-17-3-7-19(8-4-17)21-11-13-23-25(15-21)27(29)24-14-12-22(16-26(24)28(23)30)20-9-5-18(2)6-10-20/h3-16H,29-30H2,1-2H3. The van der Waals surface area contributed by atoms with Crippen LogP contribution in [0.3, 0.4) is 0 Å². The molecule has 0 atom stereocenters. The first kappa shape index (κ1) is 18.3. The van der Waals surface area contributed by atoms with E-state index in [1.165, 1.54) is 22.3 Å². The Bertz CT molecular complexity index is 1280. The van der Waals surface area contributed by atoms with Crippen LogP contribution in [0.5, 0.6) is 0 Å². The van der Waals surface area contributed by atoms with Gasteiger partial charge in [0.05, 0.1) is 0 Å². The molecule has 0 amide bonds. The van der Waals surface area contributed by atoms with Crippen LogP contribution in [0.15, 0.2) is 84.9 Å². The first-order chi connectivity index (χ1) is 14.5. The summed E-state index contributed by atoms with van der Waals surface area (Å²) in [5.74, 6) is 0. The van der Waals surface area contributed by atoms with Crippen molar-refractivity contribution in [2.45, 2.75) is 13.8 Å². The van der Waals surface area contributed by atoms with Crippen LogP contribution in [0.25, 0.3) is 43.8 Å². The summed E-state index contributed by atoms with van der Waals surface area (Å²) < 4.78 is 0. The Morgan fingerprint density at radius 1 is 0.400 bits per heavy atom. The molecule has 4 N–H and O–H groups in total. The van der Waals surface area contributed by atoms with E-state index in [1.54, 1.807) is 0 Å². The summed E-state index contributed by atoms with van der Waals surface area (Å²) in [6.45, 7) is 4.19. The zero-order chi connectivity index (χ0) is 20.8. The molecule has 0 spiro atoms. The molecule has 0 unspecified atom stereocenters. The predicted molar refractivity (Wildman–Crippen MR) is 131 cm³/mol. The van der Waals surface area contributed by atoms with Crippen molar-refractivity contribution in [2.24, 2.45) is 0 Å². The highest BCUT2D eigenvalue weighted by molar-refractivity contribution is 6.19. The minimum atomic E-state index is 0.776. The van der Waals surface area contributed by atoms with E-state index in [1.807, 2.05) is 0 Å². The maximum atomic E-state index is 6.65. The molecule has 5 aromatic carbocycles. The highest BCUT2D eigenvalue weighted by Crippen LogP contribution is 2.40. The van der Waals surface area contributed by atoms with Crippen LogP contribution < -0.4 is 11.5 Å². The number of rotatable bonds is 2. The van der Waals surface area contributed by atoms with Gasteiger partial charge in [-0.3, -0.25) is 0 Å². The second-order valence-corrected chi connectivity index (χ2v) is 8.08. The van der Waals surface area contributed by atoms with E-state index < -0.39 is 0 Å². The molecule has 0 aliphatic heterocycles. The number of anilines is 2. The lowest BCUT2D eigenvalue weighted by Crippen LogP contribution is -1.96. The number of hydrogen-bond donors (Lipinski definition) is 2. The van der Waals surface area contributed by atoms with Crippen molar-refractivity contribution in [3.63, 3.8) is 0 Å². The van der Waals surface area contributed by atoms with Crippen LogP contribution in [-0.2, 0) is 0 Å². The van der Waals surface area contributed by atoms with Crippen molar-refractivity contribution in [1.29, 1.82) is 0 Å². The van der Waals surface area contributed by atoms with Gasteiger partial charge in [0.15, 0.2) is 0 Å². The zero-order valence-electron chi connectivity index (χ0n) is 17.2. The van der Waals surface area contributed by atoms with Gasteiger partial charge >= 0.3 is 0 Å². The van der Waals surface area contributed by atoms with Crippen LogP contribution in [0.2, 0.25) is 0 Å². The van der Waals surface area contributed by atoms with Gasteiger partial charge < -0.3 is 11.5 Å². The average molecular weight is 389 g/mol. The molecule has 2 heteroatoms. The summed E-state index contributed by atoms with van der Waals surface area (Å²) in [5, 5.41) is 4.00. The van der Waals surface area contributed by atoms with E-state index in [0.29, 0.717) is 0 Å². The molecular formula is C28H24N2. The lowest BCUT2D eigenvalue weighted by Gasteiger charge is -2.14. The largest absolute Gasteiger partial charge is 0.398 e. The number of fused-ring (bicyclic) bond motifs is 2. The van der Waals surface area contributed by atoms with Gasteiger partial charge in [0, 0.05) is 32.9 Å². The first-order valence-electron chi connectivity index (χ1n) is 10.2. The second kappa shape index (κ2) is 6.93. The summed E-state index contributed by atoms with van der Waals surface area (Å²) >= 11 is 0. The fraction of sp³-hybridized carbons (Fsp3) is 0.0714. The maximum absolute atomic E-state index is 6.65. The predicted octanol–water partition coefficient (Wildman–Crippen LogP) is 7.11. The van der Waals surface area contributed by atoms with E-state index >= 15 is 0 Å². The number of hydrogen-bond acceptors (Lipinski definition) is 2. The molecule has 0 saturated carbocycles. The molecule has 30 heavy (non-hydrogen) atoms. The minimum absolute atomic E-state index is 0.776. The number of nitrogen functional groups attached to an aromatic ring is 2. The highest BCUT2D eigenvalue weighted by atomic mass is 14.6. The van der Waals surface area contributed by atoms with Crippen molar-refractivity contribution < 1.29 is 0 Å². The second-order valence-electron chi connectivity index (χ2n) is 8.08. The van der Waals surface area contributed by atoms with Crippen LogP contribution in [-0.4, -0.2) is 0 Å². The third kappa shape index (κ3) is 2.98. The van der Waals surface area contributed by atoms with E-state index in [0.717, 1.165) is 44.0 Å². The summed E-state index contributed by atoms with van der Waals surface area (Å²) in [4.78, 5) is 0. The lowest BCUT2D eigenvalue weighted by atomic mass is 9.93. The van der Waals surface area contributed by atoms with Crippen molar-refractivity contribution in [1.82, 2.24) is 0 Å². The van der Waals surface area contributed by atoms with Gasteiger partial charge in [0.2, 0.25) is 0 Å². The van der Waals surface area contributed by atoms with Gasteiger partial charge in [-0.1, -0.05) is 83.9 Å². The number of nitrogens with two attached hydrogens (primary N) is 2. The summed E-state index contributed by atoms with van der Waals surface area (Å²) in [6, 6.07) is 29.8. The van der Waals surface area contributed by atoms with E-state index in [-0.39, 0.29) is 0 Å². The molecule has 0 fully saturated rings. The number of aryl methyl sites for hydroxylation is 2. The minimum Gasteiger partial charge on any atom is -0.398 e. The van der Waals surface area contributed by atoms with E-state index in [4.69, 9.17) is 11.5 Å². The summed E-state index contributed by atoms with van der Waals surface area (Å²) in [6.07, 6.45) is 0. The molecule has 0 aliphatic rings. The Hall–Kier alpha value is -3.78. The fourth-order valence-electron chi connectivity index (χ4n) is 4.15. The highest BCUT2D eigenvalue weighted by Gasteiger charge is 2.12. The van der Waals surface area contributed by atoms with Crippen LogP contribution in [0, 0.1) is 13.8 Å². The molecule has 0 aliphatic carbocycles. The van der Waals surface area contributed by atoms with Crippen LogP contribution >= 0.6 is 0 Å². The first-order valence-corrected chi connectivity index (χ1v) is 10.2. The SMILES string of the molecule is Cc1ccc(-c2ccc3c(N)c4cc(-c5ccc(C)cc5)ccc4c(N)c3c2)cc1. The van der Waals surface area contributed by atoms with Gasteiger partial charge in [0.25, 0.3) is 0 Å². The monoisotopic (exact) mass is 388 g/mol. The summed E-state index contributed by atoms with van der Waals surface area (Å²) in [5.41, 5.74) is 22.0. The Balaban J connectivity index is 1.71. The molecular weight excluding hydrogens is 364 g/mol. The zero-order valence-corrected chi connectivity index (χ0v) is 17.2. The molecule has 5 aromatic rings. The van der Waals surface area contributed by atoms with Crippen molar-refractivity contribution in [2.75, 3.05) is 11.5 Å². The van der Waals surface area contributed by atoms with Crippen molar-refractivity contribution in [3.8, 4) is 22.3 Å². The molecule has 2 nitrogen and oxygen atoms in total.